The Bertz CT molecular complexity index is 2300. The maximum atomic E-state index is 13.9. The summed E-state index contributed by atoms with van der Waals surface area (Å²) >= 11 is 0. The van der Waals surface area contributed by atoms with E-state index in [1.54, 1.807) is 68.7 Å². The number of ether oxygens (including phenoxy) is 2. The molecule has 5 aromatic rings. The first-order valence-corrected chi connectivity index (χ1v) is 19.0. The fraction of sp³-hybridized carbons (Fsp3) is 0.364. The summed E-state index contributed by atoms with van der Waals surface area (Å²) in [5.41, 5.74) is 14.0. The summed E-state index contributed by atoms with van der Waals surface area (Å²) in [6.07, 6.45) is 8.53. The van der Waals surface area contributed by atoms with Crippen LogP contribution in [-0.2, 0) is 29.0 Å². The largest absolute Gasteiger partial charge is 0.508 e. The van der Waals surface area contributed by atoms with E-state index in [1.165, 1.54) is 0 Å². The van der Waals surface area contributed by atoms with Gasteiger partial charge in [-0.1, -0.05) is 50.5 Å². The van der Waals surface area contributed by atoms with Crippen LogP contribution in [0, 0.1) is 0 Å². The van der Waals surface area contributed by atoms with Crippen molar-refractivity contribution in [1.29, 1.82) is 0 Å². The number of anilines is 2. The summed E-state index contributed by atoms with van der Waals surface area (Å²) < 4.78 is 19.8. The number of aliphatic hydroxyl groups excluding tert-OH is 1. The van der Waals surface area contributed by atoms with Gasteiger partial charge in [-0.3, -0.25) is 4.79 Å². The van der Waals surface area contributed by atoms with Crippen LogP contribution in [0.1, 0.15) is 105 Å². The number of aliphatic hydroxyl groups is 1. The first-order chi connectivity index (χ1) is 26.8. The fourth-order valence-corrected chi connectivity index (χ4v) is 7.72. The van der Waals surface area contributed by atoms with Crippen LogP contribution in [0.3, 0.4) is 0 Å². The van der Waals surface area contributed by atoms with Crippen molar-refractivity contribution in [2.75, 3.05) is 11.5 Å². The van der Waals surface area contributed by atoms with Crippen LogP contribution < -0.4 is 21.6 Å². The van der Waals surface area contributed by atoms with Crippen molar-refractivity contribution in [2.24, 2.45) is 0 Å². The predicted octanol–water partition coefficient (Wildman–Crippen LogP) is 7.35. The van der Waals surface area contributed by atoms with Crippen molar-refractivity contribution in [1.82, 2.24) is 9.97 Å². The molecule has 2 aromatic carbocycles. The van der Waals surface area contributed by atoms with Crippen LogP contribution in [-0.4, -0.2) is 43.0 Å². The molecule has 0 bridgehead atoms. The average molecular weight is 763 g/mol. The number of unbranched alkanes of at least 4 members (excludes halogenated alkanes) is 2. The Labute approximate surface area is 325 Å². The number of esters is 1. The Morgan fingerprint density at radius 1 is 1.07 bits per heavy atom. The molecule has 12 heteroatoms. The summed E-state index contributed by atoms with van der Waals surface area (Å²) in [5, 5.41) is 32.6. The average Bonchev–Trinajstić information content (AvgIpc) is 3.17. The number of aromatic hydroxyl groups is 2. The fourth-order valence-electron chi connectivity index (χ4n) is 7.72. The molecule has 0 amide bonds. The number of hydrogen-bond donors (Lipinski definition) is 5. The normalized spacial score (nSPS) is 17.9. The standard InChI is InChI=1S/C44H50N4O8/c1-5-7-8-11-28(29-13-14-36(45)48-23-29)22-44(4)35(55-43(53)25(3)6-2)21-33-40(52)39-34(51)20-31(24-49)54-42(39)38(41(33)56-44)32(27-15-16-47-37(46)19-27)18-26-10-9-12-30(50)17-26/h6,9-10,12-17,19-20,23,28,32,35,49-50,52H,5,7-8,11,18,21-22,24H2,1-4H3,(H2,45,48)(H2,46,47)/b25-6-/t28-,32-,35-,44+/m1/s1. The van der Waals surface area contributed by atoms with Gasteiger partial charge >= 0.3 is 5.97 Å². The second kappa shape index (κ2) is 16.9. The minimum atomic E-state index is -1.20. The van der Waals surface area contributed by atoms with Gasteiger partial charge in [0.2, 0.25) is 0 Å². The number of nitrogens with two attached hydrogens (primary N) is 2. The van der Waals surface area contributed by atoms with E-state index in [-0.39, 0.29) is 64.1 Å². The number of rotatable bonds is 14. The Kier molecular flexibility index (Phi) is 12.0. The van der Waals surface area contributed by atoms with E-state index < -0.39 is 35.6 Å². The van der Waals surface area contributed by atoms with Crippen LogP contribution in [0.5, 0.6) is 17.2 Å². The van der Waals surface area contributed by atoms with Gasteiger partial charge in [0.25, 0.3) is 0 Å². The third kappa shape index (κ3) is 8.35. The van der Waals surface area contributed by atoms with Crippen LogP contribution in [0.15, 0.2) is 87.9 Å². The van der Waals surface area contributed by atoms with Crippen molar-refractivity contribution in [3.63, 3.8) is 0 Å². The number of fused-ring (bicyclic) bond motifs is 2. The molecule has 0 radical (unpaired) electrons. The van der Waals surface area contributed by atoms with Gasteiger partial charge in [0.05, 0.1) is 0 Å². The number of phenolic OH excluding ortho intramolecular Hbond substituents is 2. The second-order valence-corrected chi connectivity index (χ2v) is 14.8. The number of aromatic nitrogens is 2. The lowest BCUT2D eigenvalue weighted by molar-refractivity contribution is -0.159. The van der Waals surface area contributed by atoms with Gasteiger partial charge in [-0.05, 0) is 93.0 Å². The smallest absolute Gasteiger partial charge is 0.333 e. The quantitative estimate of drug-likeness (QED) is 0.0428. The predicted molar refractivity (Wildman–Crippen MR) is 215 cm³/mol. The first-order valence-electron chi connectivity index (χ1n) is 19.0. The zero-order valence-electron chi connectivity index (χ0n) is 32.2. The minimum absolute atomic E-state index is 0.00350. The van der Waals surface area contributed by atoms with Crippen molar-refractivity contribution in [3.8, 4) is 17.2 Å². The number of nitrogen functional groups attached to an aromatic ring is 2. The van der Waals surface area contributed by atoms with Crippen LogP contribution in [0.2, 0.25) is 0 Å². The zero-order valence-corrected chi connectivity index (χ0v) is 32.2. The van der Waals surface area contributed by atoms with Crippen LogP contribution in [0.4, 0.5) is 11.6 Å². The number of pyridine rings is 2. The molecule has 0 unspecified atom stereocenters. The number of hydrogen-bond acceptors (Lipinski definition) is 12. The third-order valence-electron chi connectivity index (χ3n) is 10.8. The second-order valence-electron chi connectivity index (χ2n) is 14.8. The van der Waals surface area contributed by atoms with Gasteiger partial charge in [-0.2, -0.15) is 0 Å². The zero-order chi connectivity index (χ0) is 40.1. The van der Waals surface area contributed by atoms with Gasteiger partial charge < -0.3 is 40.7 Å². The van der Waals surface area contributed by atoms with E-state index in [0.717, 1.165) is 42.9 Å². The molecule has 12 nitrogen and oxygen atoms in total. The monoisotopic (exact) mass is 762 g/mol. The van der Waals surface area contributed by atoms with Gasteiger partial charge in [-0.15, -0.1) is 0 Å². The molecule has 6 rings (SSSR count). The molecule has 4 atom stereocenters. The van der Waals surface area contributed by atoms with Crippen LogP contribution in [0.25, 0.3) is 11.0 Å². The molecule has 3 aromatic heterocycles. The maximum Gasteiger partial charge on any atom is 0.333 e. The molecule has 0 spiro atoms. The molecule has 56 heavy (non-hydrogen) atoms. The van der Waals surface area contributed by atoms with Crippen molar-refractivity contribution >= 4 is 28.6 Å². The Morgan fingerprint density at radius 2 is 1.88 bits per heavy atom. The van der Waals surface area contributed by atoms with E-state index in [1.807, 2.05) is 19.1 Å². The van der Waals surface area contributed by atoms with E-state index >= 15 is 0 Å². The molecule has 1 aliphatic heterocycles. The molecule has 0 saturated carbocycles. The van der Waals surface area contributed by atoms with Crippen molar-refractivity contribution in [2.45, 2.75) is 103 Å². The molecular weight excluding hydrogens is 713 g/mol. The molecule has 4 heterocycles. The summed E-state index contributed by atoms with van der Waals surface area (Å²) in [7, 11) is 0. The van der Waals surface area contributed by atoms with Gasteiger partial charge in [0.15, 0.2) is 5.43 Å². The molecule has 0 aliphatic carbocycles. The first kappa shape index (κ1) is 39.8. The minimum Gasteiger partial charge on any atom is -0.508 e. The van der Waals surface area contributed by atoms with Gasteiger partial charge in [-0.25, -0.2) is 14.8 Å². The lowest BCUT2D eigenvalue weighted by Gasteiger charge is -2.45. The Morgan fingerprint density at radius 3 is 2.55 bits per heavy atom. The summed E-state index contributed by atoms with van der Waals surface area (Å²) in [4.78, 5) is 36.0. The number of phenols is 2. The number of benzene rings is 2. The highest BCUT2D eigenvalue weighted by Gasteiger charge is 2.48. The van der Waals surface area contributed by atoms with Gasteiger partial charge in [0, 0.05) is 47.5 Å². The van der Waals surface area contributed by atoms with E-state index in [9.17, 15) is 24.9 Å². The lowest BCUT2D eigenvalue weighted by Crippen LogP contribution is -2.52. The highest BCUT2D eigenvalue weighted by molar-refractivity contribution is 5.92. The number of nitrogens with zero attached hydrogens (tertiary/aromatic N) is 2. The van der Waals surface area contributed by atoms with E-state index in [4.69, 9.17) is 25.4 Å². The van der Waals surface area contributed by atoms with Gasteiger partial charge in [0.1, 0.15) is 63.9 Å². The molecule has 7 N–H and O–H groups in total. The Hall–Kier alpha value is -5.88. The summed E-state index contributed by atoms with van der Waals surface area (Å²) in [6.45, 7) is 6.89. The van der Waals surface area contributed by atoms with E-state index in [0.29, 0.717) is 28.9 Å². The highest BCUT2D eigenvalue weighted by atomic mass is 16.6. The SMILES string of the molecule is C/C=C(/C)C(=O)O[C@@H]1Cc2c(c([C@H](Cc3cccc(O)c3)c3ccnc(N)c3)c3oc(CO)cc(=O)c3c2O)O[C@@]1(C)C[C@@H](CCCCC)c1ccc(N)nc1. The van der Waals surface area contributed by atoms with Crippen LogP contribution >= 0.6 is 0 Å². The summed E-state index contributed by atoms with van der Waals surface area (Å²) in [5.74, 6) is -0.670. The highest BCUT2D eigenvalue weighted by Crippen LogP contribution is 2.52. The lowest BCUT2D eigenvalue weighted by atomic mass is 9.76. The summed E-state index contributed by atoms with van der Waals surface area (Å²) in [6, 6.07) is 15.2. The van der Waals surface area contributed by atoms with E-state index in [2.05, 4.69) is 16.9 Å². The molecule has 0 saturated heterocycles. The maximum absolute atomic E-state index is 13.9. The third-order valence-corrected chi connectivity index (χ3v) is 10.8. The molecular formula is C44H50N4O8. The number of carbonyl (C=O) groups is 1. The van der Waals surface area contributed by atoms with Crippen molar-refractivity contribution in [3.05, 3.63) is 122 Å². The number of allylic oxidation sites excluding steroid dienone is 1. The molecule has 294 valence electrons. The van der Waals surface area contributed by atoms with Crippen molar-refractivity contribution < 1.29 is 34.0 Å². The molecule has 0 fully saturated rings. The number of carbonyl (C=O) groups excluding carboxylic acids is 1. The molecule has 1 aliphatic rings. The Balaban J connectivity index is 1.63. The topological polar surface area (TPSA) is 204 Å².